The Morgan fingerprint density at radius 1 is 1.05 bits per heavy atom. The summed E-state index contributed by atoms with van der Waals surface area (Å²) in [6.45, 7) is 6.00. The van der Waals surface area contributed by atoms with Crippen LogP contribution in [0.5, 0.6) is 5.75 Å². The molecule has 6 heteroatoms. The maximum Gasteiger partial charge on any atom is 0.208 e. The van der Waals surface area contributed by atoms with Crippen molar-refractivity contribution in [3.63, 3.8) is 0 Å². The van der Waals surface area contributed by atoms with E-state index in [1.807, 2.05) is 45.0 Å². The highest BCUT2D eigenvalue weighted by Crippen LogP contribution is 2.27. The number of ether oxygens (including phenoxy) is 3. The van der Waals surface area contributed by atoms with E-state index in [0.29, 0.717) is 0 Å². The quantitative estimate of drug-likeness (QED) is 0.784. The normalized spacial score (nSPS) is 14.0. The summed E-state index contributed by atoms with van der Waals surface area (Å²) in [6.07, 6.45) is 0. The zero-order valence-electron chi connectivity index (χ0n) is 13.6. The fourth-order valence-electron chi connectivity index (χ4n) is 1.79. The predicted octanol–water partition coefficient (Wildman–Crippen LogP) is 2.19. The minimum Gasteiger partial charge on any atom is -0.497 e. The molecule has 1 aromatic carbocycles. The topological polar surface area (TPSA) is 56.8 Å². The largest absolute Gasteiger partial charge is 0.497 e. The van der Waals surface area contributed by atoms with Crippen molar-refractivity contribution in [1.82, 2.24) is 4.72 Å². The summed E-state index contributed by atoms with van der Waals surface area (Å²) in [7, 11) is 3.54. The molecule has 21 heavy (non-hydrogen) atoms. The van der Waals surface area contributed by atoms with Gasteiger partial charge in [-0.05, 0) is 45.0 Å². The number of nitrogens with one attached hydrogen (secondary N) is 1. The van der Waals surface area contributed by atoms with Crippen LogP contribution in [0.15, 0.2) is 24.3 Å². The Morgan fingerprint density at radius 3 is 1.95 bits per heavy atom. The molecule has 0 saturated heterocycles. The molecule has 0 aliphatic heterocycles. The second-order valence-electron chi connectivity index (χ2n) is 5.59. The second-order valence-corrected chi connectivity index (χ2v) is 7.64. The highest BCUT2D eigenvalue weighted by atomic mass is 32.2. The lowest BCUT2D eigenvalue weighted by atomic mass is 10.1. The van der Waals surface area contributed by atoms with Crippen LogP contribution in [0, 0.1) is 0 Å². The van der Waals surface area contributed by atoms with Crippen LogP contribution in [0.2, 0.25) is 0 Å². The van der Waals surface area contributed by atoms with Gasteiger partial charge in [0, 0.05) is 19.8 Å². The van der Waals surface area contributed by atoms with Crippen LogP contribution in [0.1, 0.15) is 26.3 Å². The molecule has 1 unspecified atom stereocenters. The molecule has 0 aliphatic carbocycles. The van der Waals surface area contributed by atoms with Crippen molar-refractivity contribution in [2.24, 2.45) is 0 Å². The van der Waals surface area contributed by atoms with Crippen molar-refractivity contribution in [3.05, 3.63) is 29.8 Å². The summed E-state index contributed by atoms with van der Waals surface area (Å²) < 4.78 is 31.0. The number of rotatable bonds is 7. The number of hydrogen-bond acceptors (Lipinski definition) is 4. The third kappa shape index (κ3) is 4.51. The molecule has 1 N–H and O–H groups in total. The van der Waals surface area contributed by atoms with E-state index < -0.39 is 16.8 Å². The highest BCUT2D eigenvalue weighted by molar-refractivity contribution is 7.84. The van der Waals surface area contributed by atoms with Gasteiger partial charge >= 0.3 is 0 Å². The summed E-state index contributed by atoms with van der Waals surface area (Å²) in [5, 5.41) is 0. The summed E-state index contributed by atoms with van der Waals surface area (Å²) in [5.74, 6) is -0.237. The number of hydrogen-bond donors (Lipinski definition) is 1. The first-order chi connectivity index (χ1) is 9.79. The van der Waals surface area contributed by atoms with E-state index in [4.69, 9.17) is 14.2 Å². The Kier molecular flexibility index (Phi) is 6.34. The van der Waals surface area contributed by atoms with Crippen LogP contribution in [0.3, 0.4) is 0 Å². The predicted molar refractivity (Wildman–Crippen MR) is 84.6 cm³/mol. The SMILES string of the molecule is COc1ccc(C(CNS(=O)C(C)(C)C)(OC)OC)cc1. The van der Waals surface area contributed by atoms with Crippen LogP contribution in [0.4, 0.5) is 0 Å². The van der Waals surface area contributed by atoms with Crippen molar-refractivity contribution < 1.29 is 18.4 Å². The molecule has 0 bridgehead atoms. The van der Waals surface area contributed by atoms with Gasteiger partial charge in [-0.25, -0.2) is 8.93 Å². The van der Waals surface area contributed by atoms with Gasteiger partial charge in [-0.1, -0.05) is 0 Å². The third-order valence-corrected chi connectivity index (χ3v) is 4.70. The Bertz CT molecular complexity index is 464. The van der Waals surface area contributed by atoms with E-state index in [0.717, 1.165) is 11.3 Å². The minimum absolute atomic E-state index is 0.274. The van der Waals surface area contributed by atoms with E-state index in [-0.39, 0.29) is 11.3 Å². The van der Waals surface area contributed by atoms with E-state index in [1.54, 1.807) is 21.3 Å². The molecule has 1 atom stereocenters. The lowest BCUT2D eigenvalue weighted by Gasteiger charge is -2.32. The first kappa shape index (κ1) is 18.1. The van der Waals surface area contributed by atoms with Crippen LogP contribution < -0.4 is 9.46 Å². The molecule has 120 valence electrons. The summed E-state index contributed by atoms with van der Waals surface area (Å²) in [6, 6.07) is 7.41. The number of methoxy groups -OCH3 is 3. The van der Waals surface area contributed by atoms with Gasteiger partial charge in [0.2, 0.25) is 5.79 Å². The molecule has 1 rings (SSSR count). The molecule has 0 aromatic heterocycles. The maximum absolute atomic E-state index is 12.1. The highest BCUT2D eigenvalue weighted by Gasteiger charge is 2.34. The van der Waals surface area contributed by atoms with E-state index >= 15 is 0 Å². The molecule has 0 heterocycles. The van der Waals surface area contributed by atoms with Gasteiger partial charge < -0.3 is 14.2 Å². The monoisotopic (exact) mass is 315 g/mol. The summed E-state index contributed by atoms with van der Waals surface area (Å²) in [5.41, 5.74) is 0.826. The first-order valence-corrected chi connectivity index (χ1v) is 7.84. The Balaban J connectivity index is 2.94. The van der Waals surface area contributed by atoms with Crippen LogP contribution in [-0.2, 0) is 26.2 Å². The molecule has 1 aromatic rings. The van der Waals surface area contributed by atoms with Gasteiger partial charge in [0.05, 0.1) is 29.4 Å². The van der Waals surface area contributed by atoms with Crippen molar-refractivity contribution in [1.29, 1.82) is 0 Å². The summed E-state index contributed by atoms with van der Waals surface area (Å²) >= 11 is 0. The fourth-order valence-corrected chi connectivity index (χ4v) is 2.54. The van der Waals surface area contributed by atoms with Crippen LogP contribution >= 0.6 is 0 Å². The van der Waals surface area contributed by atoms with E-state index in [9.17, 15) is 4.21 Å². The van der Waals surface area contributed by atoms with Crippen LogP contribution in [-0.4, -0.2) is 36.8 Å². The van der Waals surface area contributed by atoms with Gasteiger partial charge in [0.1, 0.15) is 5.75 Å². The van der Waals surface area contributed by atoms with Gasteiger partial charge in [-0.3, -0.25) is 0 Å². The zero-order chi connectivity index (χ0) is 16.1. The average Bonchev–Trinajstić information content (AvgIpc) is 2.48. The van der Waals surface area contributed by atoms with Crippen LogP contribution in [0.25, 0.3) is 0 Å². The molecule has 0 spiro atoms. The van der Waals surface area contributed by atoms with Crippen molar-refractivity contribution in [2.45, 2.75) is 31.3 Å². The van der Waals surface area contributed by atoms with Gasteiger partial charge in [-0.2, -0.15) is 0 Å². The molecule has 0 aliphatic rings. The Labute approximate surface area is 129 Å². The molecule has 0 saturated carbocycles. The smallest absolute Gasteiger partial charge is 0.208 e. The lowest BCUT2D eigenvalue weighted by molar-refractivity contribution is -0.209. The molecule has 0 amide bonds. The van der Waals surface area contributed by atoms with E-state index in [1.165, 1.54) is 0 Å². The first-order valence-electron chi connectivity index (χ1n) is 6.69. The molecular formula is C15H25NO4S. The standard InChI is InChI=1S/C15H25NO4S/c1-14(2,3)21(17)16-11-15(19-5,20-6)12-7-9-13(18-4)10-8-12/h7-10,16H,11H2,1-6H3. The Hall–Kier alpha value is -0.950. The Morgan fingerprint density at radius 2 is 1.57 bits per heavy atom. The average molecular weight is 315 g/mol. The molecule has 5 nitrogen and oxygen atoms in total. The third-order valence-electron chi connectivity index (χ3n) is 3.18. The maximum atomic E-state index is 12.1. The number of benzene rings is 1. The van der Waals surface area contributed by atoms with Crippen molar-refractivity contribution >= 4 is 11.0 Å². The van der Waals surface area contributed by atoms with Gasteiger partial charge in [0.15, 0.2) is 0 Å². The lowest BCUT2D eigenvalue weighted by Crippen LogP contribution is -2.45. The van der Waals surface area contributed by atoms with Gasteiger partial charge in [-0.15, -0.1) is 0 Å². The minimum atomic E-state index is -1.20. The fraction of sp³-hybridized carbons (Fsp3) is 0.600. The second kappa shape index (κ2) is 7.35. The molecule has 0 fully saturated rings. The van der Waals surface area contributed by atoms with Gasteiger partial charge in [0.25, 0.3) is 0 Å². The molecule has 0 radical (unpaired) electrons. The zero-order valence-corrected chi connectivity index (χ0v) is 14.4. The van der Waals surface area contributed by atoms with E-state index in [2.05, 4.69) is 4.72 Å². The molecular weight excluding hydrogens is 290 g/mol. The van der Waals surface area contributed by atoms with Crippen molar-refractivity contribution in [3.8, 4) is 5.75 Å². The van der Waals surface area contributed by atoms with Crippen molar-refractivity contribution in [2.75, 3.05) is 27.9 Å². The summed E-state index contributed by atoms with van der Waals surface area (Å²) in [4.78, 5) is 0.